The van der Waals surface area contributed by atoms with Crippen LogP contribution in [0.15, 0.2) is 17.0 Å². The Bertz CT molecular complexity index is 620. The third-order valence-electron chi connectivity index (χ3n) is 2.39. The molecule has 0 atom stereocenters. The maximum atomic E-state index is 10.8. The van der Waals surface area contributed by atoms with Gasteiger partial charge in [-0.1, -0.05) is 20.8 Å². The summed E-state index contributed by atoms with van der Waals surface area (Å²) in [6, 6.07) is 0. The molecule has 0 aliphatic carbocycles. The van der Waals surface area contributed by atoms with Crippen LogP contribution < -0.4 is 0 Å². The Hall–Kier alpha value is -1.95. The topological polar surface area (TPSA) is 76.2 Å². The molecule has 0 aliphatic heterocycles. The van der Waals surface area contributed by atoms with Gasteiger partial charge in [-0.3, -0.25) is 0 Å². The lowest BCUT2D eigenvalue weighted by Gasteiger charge is -2.14. The summed E-state index contributed by atoms with van der Waals surface area (Å²) >= 11 is 1.12. The zero-order valence-corrected chi connectivity index (χ0v) is 11.7. The summed E-state index contributed by atoms with van der Waals surface area (Å²) in [6.07, 6.45) is 6.28. The number of carbonyl (C=O) groups is 1. The molecule has 0 unspecified atom stereocenters. The average Bonchev–Trinajstić information content (AvgIpc) is 2.94. The van der Waals surface area contributed by atoms with E-state index in [4.69, 9.17) is 9.52 Å². The van der Waals surface area contributed by atoms with Crippen LogP contribution in [0.25, 0.3) is 12.2 Å². The summed E-state index contributed by atoms with van der Waals surface area (Å²) in [5.74, 6) is -0.173. The van der Waals surface area contributed by atoms with Gasteiger partial charge in [0, 0.05) is 5.41 Å². The highest BCUT2D eigenvalue weighted by Gasteiger charge is 2.21. The SMILES string of the molecule is CC(C)(C)c1ocnc1/C=C/c1ncc(C(=O)O)s1. The summed E-state index contributed by atoms with van der Waals surface area (Å²) < 4.78 is 5.39. The summed E-state index contributed by atoms with van der Waals surface area (Å²) in [5, 5.41) is 9.45. The molecular formula is C13H14N2O3S. The number of hydrogen-bond acceptors (Lipinski definition) is 5. The Morgan fingerprint density at radius 2 is 2.11 bits per heavy atom. The van der Waals surface area contributed by atoms with Crippen LogP contribution in [-0.2, 0) is 5.41 Å². The zero-order valence-electron chi connectivity index (χ0n) is 10.9. The van der Waals surface area contributed by atoms with Crippen LogP contribution >= 0.6 is 11.3 Å². The smallest absolute Gasteiger partial charge is 0.347 e. The van der Waals surface area contributed by atoms with Crippen LogP contribution in [0.5, 0.6) is 0 Å². The van der Waals surface area contributed by atoms with Crippen molar-refractivity contribution in [2.24, 2.45) is 0 Å². The fraction of sp³-hybridized carbons (Fsp3) is 0.308. The van der Waals surface area contributed by atoms with Gasteiger partial charge in [0.15, 0.2) is 6.39 Å². The third-order valence-corrected chi connectivity index (χ3v) is 3.34. The number of rotatable bonds is 3. The van der Waals surface area contributed by atoms with Crippen molar-refractivity contribution in [3.63, 3.8) is 0 Å². The molecule has 2 aromatic heterocycles. The van der Waals surface area contributed by atoms with Crippen molar-refractivity contribution in [1.82, 2.24) is 9.97 Å². The van der Waals surface area contributed by atoms with Gasteiger partial charge in [0.05, 0.1) is 6.20 Å². The molecule has 0 aliphatic rings. The lowest BCUT2D eigenvalue weighted by molar-refractivity contribution is 0.0702. The first-order valence-electron chi connectivity index (χ1n) is 5.69. The molecule has 19 heavy (non-hydrogen) atoms. The molecule has 2 rings (SSSR count). The van der Waals surface area contributed by atoms with Crippen molar-refractivity contribution in [3.8, 4) is 0 Å². The minimum Gasteiger partial charge on any atom is -0.477 e. The number of aromatic carboxylic acids is 1. The highest BCUT2D eigenvalue weighted by Crippen LogP contribution is 2.26. The first kappa shape index (κ1) is 13.5. The minimum atomic E-state index is -0.964. The summed E-state index contributed by atoms with van der Waals surface area (Å²) in [5.41, 5.74) is 0.602. The fourth-order valence-corrected chi connectivity index (χ4v) is 2.21. The van der Waals surface area contributed by atoms with E-state index in [0.717, 1.165) is 22.8 Å². The van der Waals surface area contributed by atoms with Gasteiger partial charge in [0.25, 0.3) is 0 Å². The maximum absolute atomic E-state index is 10.8. The number of nitrogens with zero attached hydrogens (tertiary/aromatic N) is 2. The second-order valence-corrected chi connectivity index (χ2v) is 6.08. The molecule has 100 valence electrons. The molecule has 0 bridgehead atoms. The van der Waals surface area contributed by atoms with E-state index in [0.29, 0.717) is 5.01 Å². The molecule has 0 radical (unpaired) electrons. The molecule has 0 amide bonds. The quantitative estimate of drug-likeness (QED) is 0.932. The van der Waals surface area contributed by atoms with E-state index in [2.05, 4.69) is 9.97 Å². The van der Waals surface area contributed by atoms with Crippen molar-refractivity contribution in [1.29, 1.82) is 0 Å². The van der Waals surface area contributed by atoms with Crippen LogP contribution in [0.3, 0.4) is 0 Å². The molecule has 5 nitrogen and oxygen atoms in total. The maximum Gasteiger partial charge on any atom is 0.347 e. The van der Waals surface area contributed by atoms with Crippen LogP contribution in [0.4, 0.5) is 0 Å². The van der Waals surface area contributed by atoms with Crippen molar-refractivity contribution in [2.75, 3.05) is 0 Å². The summed E-state index contributed by atoms with van der Waals surface area (Å²) in [7, 11) is 0. The molecule has 6 heteroatoms. The van der Waals surface area contributed by atoms with E-state index >= 15 is 0 Å². The number of oxazole rings is 1. The first-order valence-corrected chi connectivity index (χ1v) is 6.51. The van der Waals surface area contributed by atoms with Gasteiger partial charge >= 0.3 is 5.97 Å². The Morgan fingerprint density at radius 3 is 2.68 bits per heavy atom. The standard InChI is InChI=1S/C13H14N2O3S/c1-13(2,3)11-8(15-7-18-11)4-5-10-14-6-9(19-10)12(16)17/h4-7H,1-3H3,(H,16,17)/b5-4+. The third kappa shape index (κ3) is 3.08. The normalized spacial score (nSPS) is 12.2. The van der Waals surface area contributed by atoms with Crippen molar-refractivity contribution in [3.05, 3.63) is 33.9 Å². The average molecular weight is 278 g/mol. The second kappa shape index (κ2) is 4.97. The Morgan fingerprint density at radius 1 is 1.37 bits per heavy atom. The van der Waals surface area contributed by atoms with Gasteiger partial charge in [-0.25, -0.2) is 14.8 Å². The molecule has 0 saturated heterocycles. The highest BCUT2D eigenvalue weighted by molar-refractivity contribution is 7.14. The summed E-state index contributed by atoms with van der Waals surface area (Å²) in [6.45, 7) is 6.12. The zero-order chi connectivity index (χ0) is 14.0. The van der Waals surface area contributed by atoms with Crippen LogP contribution in [0, 0.1) is 0 Å². The van der Waals surface area contributed by atoms with Gasteiger partial charge in [-0.2, -0.15) is 0 Å². The van der Waals surface area contributed by atoms with E-state index in [1.807, 2.05) is 20.8 Å². The van der Waals surface area contributed by atoms with E-state index in [1.54, 1.807) is 12.2 Å². The molecule has 0 saturated carbocycles. The minimum absolute atomic E-state index is 0.134. The predicted octanol–water partition coefficient (Wildman–Crippen LogP) is 3.30. The van der Waals surface area contributed by atoms with Crippen molar-refractivity contribution < 1.29 is 14.3 Å². The lowest BCUT2D eigenvalue weighted by atomic mass is 9.92. The van der Waals surface area contributed by atoms with Crippen LogP contribution in [-0.4, -0.2) is 21.0 Å². The lowest BCUT2D eigenvalue weighted by Crippen LogP contribution is -2.11. The number of carboxylic acid groups (broad SMARTS) is 1. The molecular weight excluding hydrogens is 264 g/mol. The Kier molecular flexibility index (Phi) is 3.53. The molecule has 0 aromatic carbocycles. The van der Waals surface area contributed by atoms with Gasteiger partial charge < -0.3 is 9.52 Å². The largest absolute Gasteiger partial charge is 0.477 e. The predicted molar refractivity (Wildman–Crippen MR) is 73.2 cm³/mol. The second-order valence-electron chi connectivity index (χ2n) is 5.02. The van der Waals surface area contributed by atoms with E-state index in [1.165, 1.54) is 12.6 Å². The number of hydrogen-bond donors (Lipinski definition) is 1. The molecule has 0 spiro atoms. The monoisotopic (exact) mass is 278 g/mol. The molecule has 2 aromatic rings. The number of carboxylic acids is 1. The molecule has 0 fully saturated rings. The molecule has 2 heterocycles. The Labute approximate surface area is 114 Å². The van der Waals surface area contributed by atoms with Crippen molar-refractivity contribution in [2.45, 2.75) is 26.2 Å². The highest BCUT2D eigenvalue weighted by atomic mass is 32.1. The van der Waals surface area contributed by atoms with Crippen LogP contribution in [0.2, 0.25) is 0 Å². The Balaban J connectivity index is 2.23. The van der Waals surface area contributed by atoms with Gasteiger partial charge in [-0.05, 0) is 12.2 Å². The molecule has 1 N–H and O–H groups in total. The van der Waals surface area contributed by atoms with Gasteiger partial charge in [-0.15, -0.1) is 11.3 Å². The summed E-state index contributed by atoms with van der Waals surface area (Å²) in [4.78, 5) is 19.1. The van der Waals surface area contributed by atoms with Crippen molar-refractivity contribution >= 4 is 29.5 Å². The van der Waals surface area contributed by atoms with Gasteiger partial charge in [0.1, 0.15) is 21.3 Å². The first-order chi connectivity index (χ1) is 8.88. The number of aromatic nitrogens is 2. The van der Waals surface area contributed by atoms with E-state index in [9.17, 15) is 4.79 Å². The number of thiazole rings is 1. The van der Waals surface area contributed by atoms with Crippen LogP contribution in [0.1, 0.15) is 46.9 Å². The fourth-order valence-electron chi connectivity index (χ4n) is 1.55. The van der Waals surface area contributed by atoms with E-state index in [-0.39, 0.29) is 10.3 Å². The van der Waals surface area contributed by atoms with E-state index < -0.39 is 5.97 Å². The van der Waals surface area contributed by atoms with Gasteiger partial charge in [0.2, 0.25) is 0 Å².